The third kappa shape index (κ3) is 2.97. The van der Waals surface area contributed by atoms with E-state index in [4.69, 9.17) is 16.6 Å². The molecule has 3 nitrogen and oxygen atoms in total. The quantitative estimate of drug-likeness (QED) is 0.415. The molecular weight excluding hydrogens is 400 g/mol. The van der Waals surface area contributed by atoms with E-state index in [1.807, 2.05) is 35.9 Å². The molecule has 3 rings (SSSR count). The number of furan rings is 1. The maximum Gasteiger partial charge on any atom is 0.152 e. The van der Waals surface area contributed by atoms with Gasteiger partial charge in [0.05, 0.1) is 14.9 Å². The minimum Gasteiger partial charge on any atom is -0.455 e. The molecule has 0 amide bonds. The van der Waals surface area contributed by atoms with E-state index in [-0.39, 0.29) is 0 Å². The molecule has 1 aromatic heterocycles. The Kier molecular flexibility index (Phi) is 4.64. The zero-order valence-corrected chi connectivity index (χ0v) is 15.4. The molecular formula is C15H9BrN2OS3. The largest absolute Gasteiger partial charge is 0.455 e. The molecule has 0 fully saturated rings. The summed E-state index contributed by atoms with van der Waals surface area (Å²) in [7, 11) is 0. The van der Waals surface area contributed by atoms with Crippen LogP contribution in [0.3, 0.4) is 0 Å². The van der Waals surface area contributed by atoms with Gasteiger partial charge >= 0.3 is 0 Å². The second kappa shape index (κ2) is 6.50. The number of nitrogens with one attached hydrogen (secondary N) is 1. The molecule has 0 radical (unpaired) electrons. The topological polar surface area (TPSA) is 49.0 Å². The van der Waals surface area contributed by atoms with E-state index in [2.05, 4.69) is 27.3 Å². The van der Waals surface area contributed by atoms with Crippen molar-refractivity contribution in [2.45, 2.75) is 0 Å². The highest BCUT2D eigenvalue weighted by Crippen LogP contribution is 2.35. The number of rotatable bonds is 2. The zero-order chi connectivity index (χ0) is 15.7. The van der Waals surface area contributed by atoms with Crippen LogP contribution in [0.2, 0.25) is 0 Å². The summed E-state index contributed by atoms with van der Waals surface area (Å²) >= 11 is 11.5. The number of thiocarbonyl (C=S) groups is 1. The fourth-order valence-corrected chi connectivity index (χ4v) is 3.83. The van der Waals surface area contributed by atoms with Crippen molar-refractivity contribution >= 4 is 72.5 Å². The van der Waals surface area contributed by atoms with Gasteiger partial charge in [-0.1, -0.05) is 39.9 Å². The van der Waals surface area contributed by atoms with Gasteiger partial charge in [-0.2, -0.15) is 5.26 Å². The fourth-order valence-electron chi connectivity index (χ4n) is 1.98. The van der Waals surface area contributed by atoms with Crippen LogP contribution in [-0.2, 0) is 0 Å². The SMILES string of the molecule is CSC(=S)/C(C#N)=C1/NC(c2cc3cc(Br)ccc3o2)=CS1. The molecule has 7 heteroatoms. The van der Waals surface area contributed by atoms with E-state index in [0.29, 0.717) is 9.77 Å². The first kappa shape index (κ1) is 15.7. The number of fused-ring (bicyclic) bond motifs is 1. The van der Waals surface area contributed by atoms with Crippen molar-refractivity contribution < 1.29 is 4.42 Å². The lowest BCUT2D eigenvalue weighted by molar-refractivity contribution is 0.596. The summed E-state index contributed by atoms with van der Waals surface area (Å²) in [4.78, 5) is 0. The molecule has 0 saturated heterocycles. The van der Waals surface area contributed by atoms with Gasteiger partial charge in [0, 0.05) is 15.3 Å². The van der Waals surface area contributed by atoms with Gasteiger partial charge in [0.2, 0.25) is 0 Å². The normalized spacial score (nSPS) is 16.1. The van der Waals surface area contributed by atoms with Crippen LogP contribution in [0.15, 0.2) is 49.2 Å². The first-order chi connectivity index (χ1) is 10.6. The zero-order valence-electron chi connectivity index (χ0n) is 11.3. The Hall–Kier alpha value is -1.20. The molecule has 2 aromatic rings. The molecule has 0 atom stereocenters. The van der Waals surface area contributed by atoms with E-state index in [1.54, 1.807) is 0 Å². The average molecular weight is 409 g/mol. The first-order valence-electron chi connectivity index (χ1n) is 6.18. The molecule has 0 bridgehead atoms. The highest BCUT2D eigenvalue weighted by Gasteiger charge is 2.20. The third-order valence-electron chi connectivity index (χ3n) is 3.02. The summed E-state index contributed by atoms with van der Waals surface area (Å²) in [5.41, 5.74) is 2.16. The smallest absolute Gasteiger partial charge is 0.152 e. The second-order valence-corrected chi connectivity index (χ2v) is 7.65. The lowest BCUT2D eigenvalue weighted by Crippen LogP contribution is -2.08. The summed E-state index contributed by atoms with van der Waals surface area (Å²) < 4.78 is 7.44. The van der Waals surface area contributed by atoms with Crippen LogP contribution in [-0.4, -0.2) is 10.5 Å². The summed E-state index contributed by atoms with van der Waals surface area (Å²) in [5.74, 6) is 0.739. The van der Waals surface area contributed by atoms with Gasteiger partial charge < -0.3 is 9.73 Å². The van der Waals surface area contributed by atoms with Gasteiger partial charge in [0.1, 0.15) is 17.2 Å². The predicted octanol–water partition coefficient (Wildman–Crippen LogP) is 5.26. The van der Waals surface area contributed by atoms with Gasteiger partial charge in [0.15, 0.2) is 5.76 Å². The van der Waals surface area contributed by atoms with E-state index < -0.39 is 0 Å². The lowest BCUT2D eigenvalue weighted by atomic mass is 10.2. The minimum absolute atomic E-state index is 0.498. The molecule has 110 valence electrons. The fraction of sp³-hybridized carbons (Fsp3) is 0.0667. The van der Waals surface area contributed by atoms with Crippen LogP contribution in [0.4, 0.5) is 0 Å². The number of halogens is 1. The van der Waals surface area contributed by atoms with Crippen molar-refractivity contribution in [3.8, 4) is 6.07 Å². The molecule has 0 saturated carbocycles. The second-order valence-electron chi connectivity index (χ2n) is 4.37. The highest BCUT2D eigenvalue weighted by atomic mass is 79.9. The maximum absolute atomic E-state index is 9.28. The van der Waals surface area contributed by atoms with Gasteiger partial charge in [-0.15, -0.1) is 11.8 Å². The Bertz CT molecular complexity index is 877. The van der Waals surface area contributed by atoms with Gasteiger partial charge in [-0.05, 0) is 30.5 Å². The van der Waals surface area contributed by atoms with Crippen molar-refractivity contribution in [1.29, 1.82) is 5.26 Å². The van der Waals surface area contributed by atoms with Crippen LogP contribution in [0.1, 0.15) is 5.76 Å². The first-order valence-corrected chi connectivity index (χ1v) is 9.49. The number of thioether (sulfide) groups is 2. The van der Waals surface area contributed by atoms with E-state index in [0.717, 1.165) is 31.9 Å². The van der Waals surface area contributed by atoms with Crippen molar-refractivity contribution in [3.63, 3.8) is 0 Å². The molecule has 1 aliphatic heterocycles. The van der Waals surface area contributed by atoms with Crippen LogP contribution < -0.4 is 5.32 Å². The monoisotopic (exact) mass is 408 g/mol. The van der Waals surface area contributed by atoms with E-state index >= 15 is 0 Å². The summed E-state index contributed by atoms with van der Waals surface area (Å²) in [6.45, 7) is 0. The summed E-state index contributed by atoms with van der Waals surface area (Å²) in [5, 5.41) is 16.2. The molecule has 0 aliphatic carbocycles. The molecule has 1 N–H and O–H groups in total. The highest BCUT2D eigenvalue weighted by molar-refractivity contribution is 9.10. The standard InChI is InChI=1S/C15H9BrN2OS3/c1-21-15(20)10(6-17)14-18-11(7-22-14)13-5-8-4-9(16)2-3-12(8)19-13/h2-5,7,18H,1H3/b14-10-. The lowest BCUT2D eigenvalue weighted by Gasteiger charge is -2.05. The van der Waals surface area contributed by atoms with Crippen LogP contribution in [0.5, 0.6) is 0 Å². The molecule has 0 unspecified atom stereocenters. The Morgan fingerprint density at radius 1 is 1.45 bits per heavy atom. The number of hydrogen-bond donors (Lipinski definition) is 1. The Morgan fingerprint density at radius 2 is 2.27 bits per heavy atom. The summed E-state index contributed by atoms with van der Waals surface area (Å²) in [6, 6.07) is 10.0. The van der Waals surface area contributed by atoms with Crippen molar-refractivity contribution in [3.05, 3.63) is 50.5 Å². The average Bonchev–Trinajstić information content (AvgIpc) is 3.13. The number of nitrogens with zero attached hydrogens (tertiary/aromatic N) is 1. The number of hydrogen-bond acceptors (Lipinski definition) is 6. The molecule has 0 spiro atoms. The maximum atomic E-state index is 9.28. The van der Waals surface area contributed by atoms with Crippen molar-refractivity contribution in [1.82, 2.24) is 5.32 Å². The molecule has 1 aliphatic rings. The van der Waals surface area contributed by atoms with Crippen molar-refractivity contribution in [2.24, 2.45) is 0 Å². The summed E-state index contributed by atoms with van der Waals surface area (Å²) in [6.07, 6.45) is 1.87. The molecule has 1 aromatic carbocycles. The molecule has 22 heavy (non-hydrogen) atoms. The van der Waals surface area contributed by atoms with Gasteiger partial charge in [-0.3, -0.25) is 0 Å². The minimum atomic E-state index is 0.498. The van der Waals surface area contributed by atoms with Crippen LogP contribution in [0, 0.1) is 11.3 Å². The Balaban J connectivity index is 1.92. The third-order valence-corrected chi connectivity index (χ3v) is 5.68. The number of benzene rings is 1. The number of nitriles is 1. The Labute approximate surface area is 149 Å². The molecule has 2 heterocycles. The predicted molar refractivity (Wildman–Crippen MR) is 101 cm³/mol. The van der Waals surface area contributed by atoms with E-state index in [9.17, 15) is 5.26 Å². The van der Waals surface area contributed by atoms with Gasteiger partial charge in [0.25, 0.3) is 0 Å². The van der Waals surface area contributed by atoms with Crippen LogP contribution in [0.25, 0.3) is 16.7 Å². The van der Waals surface area contributed by atoms with E-state index in [1.165, 1.54) is 23.5 Å². The Morgan fingerprint density at radius 3 is 3.00 bits per heavy atom. The van der Waals surface area contributed by atoms with Crippen LogP contribution >= 0.6 is 51.7 Å². The van der Waals surface area contributed by atoms with Crippen molar-refractivity contribution in [2.75, 3.05) is 6.26 Å². The van der Waals surface area contributed by atoms with Gasteiger partial charge in [-0.25, -0.2) is 0 Å².